The van der Waals surface area contributed by atoms with Crippen molar-refractivity contribution in [1.82, 2.24) is 4.98 Å². The molecular weight excluding hydrogens is 458 g/mol. The third-order valence-corrected chi connectivity index (χ3v) is 4.28. The monoisotopic (exact) mass is 491 g/mol. The van der Waals surface area contributed by atoms with Crippen LogP contribution in [-0.4, -0.2) is 77.5 Å². The van der Waals surface area contributed by atoms with Gasteiger partial charge in [-0.25, -0.2) is 4.98 Å². The number of aromatic nitrogens is 1. The van der Waals surface area contributed by atoms with E-state index in [4.69, 9.17) is 39.9 Å². The molecule has 12 heteroatoms. The van der Waals surface area contributed by atoms with Gasteiger partial charge in [0.05, 0.1) is 71.6 Å². The van der Waals surface area contributed by atoms with Gasteiger partial charge in [-0.05, 0) is 12.1 Å². The van der Waals surface area contributed by atoms with Gasteiger partial charge in [-0.2, -0.15) is 5.11 Å². The van der Waals surface area contributed by atoms with Crippen LogP contribution in [-0.2, 0) is 28.5 Å². The fourth-order valence-electron chi connectivity index (χ4n) is 2.52. The van der Waals surface area contributed by atoms with E-state index >= 15 is 0 Å². The van der Waals surface area contributed by atoms with Gasteiger partial charge in [-0.3, -0.25) is 4.79 Å². The van der Waals surface area contributed by atoms with Crippen LogP contribution in [0.15, 0.2) is 46.6 Å². The summed E-state index contributed by atoms with van der Waals surface area (Å²) in [6.07, 6.45) is 0.0247. The van der Waals surface area contributed by atoms with Gasteiger partial charge in [0.15, 0.2) is 17.4 Å². The molecule has 0 saturated heterocycles. The summed E-state index contributed by atoms with van der Waals surface area (Å²) in [4.78, 5) is 16.1. The molecule has 2 aromatic rings. The Morgan fingerprint density at radius 2 is 1.37 bits per heavy atom. The van der Waals surface area contributed by atoms with Crippen LogP contribution in [0.1, 0.15) is 6.42 Å². The van der Waals surface area contributed by atoms with E-state index in [-0.39, 0.29) is 36.1 Å². The molecule has 0 atom stereocenters. The summed E-state index contributed by atoms with van der Waals surface area (Å²) in [6.45, 7) is 3.91. The fourth-order valence-corrected chi connectivity index (χ4v) is 2.52. The van der Waals surface area contributed by atoms with Crippen LogP contribution < -0.4 is 16.2 Å². The van der Waals surface area contributed by atoms with Gasteiger partial charge >= 0.3 is 5.97 Å². The van der Waals surface area contributed by atoms with Crippen molar-refractivity contribution in [2.75, 3.05) is 78.0 Å². The summed E-state index contributed by atoms with van der Waals surface area (Å²) in [6, 6.07) is 10.5. The summed E-state index contributed by atoms with van der Waals surface area (Å²) in [5, 5.41) is 8.14. The lowest BCUT2D eigenvalue weighted by molar-refractivity contribution is -0.135. The van der Waals surface area contributed by atoms with Gasteiger partial charge in [0.2, 0.25) is 0 Å². The van der Waals surface area contributed by atoms with Gasteiger partial charge in [0.1, 0.15) is 5.69 Å². The van der Waals surface area contributed by atoms with E-state index in [1.165, 1.54) is 6.07 Å². The highest BCUT2D eigenvalue weighted by atomic mass is 16.6. The maximum atomic E-state index is 12.1. The second-order valence-corrected chi connectivity index (χ2v) is 6.98. The molecule has 12 nitrogen and oxygen atoms in total. The molecule has 35 heavy (non-hydrogen) atoms. The van der Waals surface area contributed by atoms with E-state index in [1.807, 2.05) is 18.2 Å². The van der Waals surface area contributed by atoms with Crippen LogP contribution in [0.3, 0.4) is 0 Å². The van der Waals surface area contributed by atoms with Crippen LogP contribution in [0.4, 0.5) is 23.0 Å². The molecule has 0 bridgehead atoms. The van der Waals surface area contributed by atoms with Gasteiger partial charge in [0, 0.05) is 13.2 Å². The van der Waals surface area contributed by atoms with Crippen molar-refractivity contribution in [1.29, 1.82) is 0 Å². The summed E-state index contributed by atoms with van der Waals surface area (Å²) in [5.74, 6) is -0.423. The third kappa shape index (κ3) is 12.2. The Hall–Kier alpha value is -3.16. The zero-order chi connectivity index (χ0) is 25.1. The van der Waals surface area contributed by atoms with Gasteiger partial charge in [-0.15, -0.1) is 5.11 Å². The minimum atomic E-state index is -0.531. The summed E-state index contributed by atoms with van der Waals surface area (Å²) < 4.78 is 31.6. The Labute approximate surface area is 204 Å². The number of azo groups is 1. The summed E-state index contributed by atoms with van der Waals surface area (Å²) >= 11 is 0. The predicted molar refractivity (Wildman–Crippen MR) is 129 cm³/mol. The van der Waals surface area contributed by atoms with E-state index in [9.17, 15) is 4.79 Å². The molecule has 192 valence electrons. The molecule has 0 spiro atoms. The average Bonchev–Trinajstić information content (AvgIpc) is 2.86. The molecule has 0 fully saturated rings. The van der Waals surface area contributed by atoms with Crippen molar-refractivity contribution in [3.63, 3.8) is 0 Å². The number of anilines is 2. The summed E-state index contributed by atoms with van der Waals surface area (Å²) in [7, 11) is 1.62. The number of ether oxygens (including phenoxy) is 6. The average molecular weight is 492 g/mol. The molecule has 0 radical (unpaired) electrons. The lowest BCUT2D eigenvalue weighted by Gasteiger charge is -2.09. The van der Waals surface area contributed by atoms with E-state index in [1.54, 1.807) is 19.2 Å². The minimum Gasteiger partial charge on any atom is -0.422 e. The zero-order valence-electron chi connectivity index (χ0n) is 19.9. The highest BCUT2D eigenvalue weighted by Gasteiger charge is 2.13. The number of nitrogens with two attached hydrogens (primary N) is 2. The highest BCUT2D eigenvalue weighted by Crippen LogP contribution is 2.31. The van der Waals surface area contributed by atoms with Crippen molar-refractivity contribution in [2.24, 2.45) is 10.2 Å². The smallest absolute Gasteiger partial charge is 0.313 e. The first-order chi connectivity index (χ1) is 17.1. The zero-order valence-corrected chi connectivity index (χ0v) is 19.9. The molecule has 1 heterocycles. The normalized spacial score (nSPS) is 11.2. The number of hydrogen-bond acceptors (Lipinski definition) is 12. The number of carbonyl (C=O) groups excluding carboxylic acids is 1. The molecule has 1 aromatic heterocycles. The van der Waals surface area contributed by atoms with E-state index < -0.39 is 5.97 Å². The first-order valence-corrected chi connectivity index (χ1v) is 11.1. The SMILES string of the molecule is COCCOCCOCCOCCOCCC(=O)Oc1cc(/N=N/c2ccccc2)c(N)nc1N. The maximum absolute atomic E-state index is 12.1. The van der Waals surface area contributed by atoms with Crippen LogP contribution in [0.5, 0.6) is 5.75 Å². The molecule has 0 aliphatic rings. The van der Waals surface area contributed by atoms with E-state index in [0.717, 1.165) is 0 Å². The molecule has 0 unspecified atom stereocenters. The second kappa shape index (κ2) is 17.3. The quantitative estimate of drug-likeness (QED) is 0.180. The Morgan fingerprint density at radius 3 is 1.97 bits per heavy atom. The van der Waals surface area contributed by atoms with Gasteiger partial charge in [0.25, 0.3) is 0 Å². The molecule has 0 aliphatic heterocycles. The molecule has 4 N–H and O–H groups in total. The van der Waals surface area contributed by atoms with Crippen molar-refractivity contribution in [3.05, 3.63) is 36.4 Å². The van der Waals surface area contributed by atoms with Gasteiger partial charge in [-0.1, -0.05) is 18.2 Å². The third-order valence-electron chi connectivity index (χ3n) is 4.28. The standard InChI is InChI=1S/C23H33N5O7/c1-30-9-10-32-13-14-34-16-15-33-12-11-31-8-7-21(29)35-20-17-19(22(24)26-23(20)25)28-27-18-5-3-2-4-6-18/h2-6,17H,7-16H2,1H3,(H4,24,25,26)/b28-27+. The van der Waals surface area contributed by atoms with Crippen LogP contribution in [0.25, 0.3) is 0 Å². The lowest BCUT2D eigenvalue weighted by atomic mass is 10.3. The molecule has 1 aromatic carbocycles. The Balaban J connectivity index is 1.59. The number of nitrogens with zero attached hydrogens (tertiary/aromatic N) is 3. The van der Waals surface area contributed by atoms with Crippen molar-refractivity contribution in [2.45, 2.75) is 6.42 Å². The fraction of sp³-hybridized carbons (Fsp3) is 0.478. The van der Waals surface area contributed by atoms with Crippen LogP contribution in [0.2, 0.25) is 0 Å². The van der Waals surface area contributed by atoms with Crippen LogP contribution >= 0.6 is 0 Å². The molecule has 0 aliphatic carbocycles. The Morgan fingerprint density at radius 1 is 0.800 bits per heavy atom. The summed E-state index contributed by atoms with van der Waals surface area (Å²) in [5.41, 5.74) is 12.5. The number of benzene rings is 1. The topological polar surface area (TPSA) is 162 Å². The number of pyridine rings is 1. The second-order valence-electron chi connectivity index (χ2n) is 6.98. The highest BCUT2D eigenvalue weighted by molar-refractivity contribution is 5.76. The number of carbonyl (C=O) groups is 1. The molecule has 0 saturated carbocycles. The minimum absolute atomic E-state index is 0.0208. The number of nitrogen functional groups attached to an aromatic ring is 2. The first kappa shape index (κ1) is 28.1. The number of hydrogen-bond donors (Lipinski definition) is 2. The Kier molecular flexibility index (Phi) is 13.9. The number of esters is 1. The largest absolute Gasteiger partial charge is 0.422 e. The van der Waals surface area contributed by atoms with E-state index in [0.29, 0.717) is 58.5 Å². The maximum Gasteiger partial charge on any atom is 0.313 e. The Bertz CT molecular complexity index is 899. The van der Waals surface area contributed by atoms with Crippen LogP contribution in [0, 0.1) is 0 Å². The number of methoxy groups -OCH3 is 1. The molecule has 2 rings (SSSR count). The molecular formula is C23H33N5O7. The first-order valence-electron chi connectivity index (χ1n) is 11.1. The van der Waals surface area contributed by atoms with Crippen molar-refractivity contribution in [3.8, 4) is 5.75 Å². The lowest BCUT2D eigenvalue weighted by Crippen LogP contribution is -2.15. The van der Waals surface area contributed by atoms with E-state index in [2.05, 4.69) is 15.2 Å². The predicted octanol–water partition coefficient (Wildman–Crippen LogP) is 2.67. The van der Waals surface area contributed by atoms with Gasteiger partial charge < -0.3 is 39.9 Å². The van der Waals surface area contributed by atoms with Crippen molar-refractivity contribution >= 4 is 29.0 Å². The number of rotatable bonds is 18. The molecule has 0 amide bonds. The van der Waals surface area contributed by atoms with Crippen molar-refractivity contribution < 1.29 is 33.2 Å².